The Hall–Kier alpha value is -1.01. The largest absolute Gasteiger partial charge is 0.207 e. The minimum atomic E-state index is -0.335. The molecule has 0 radical (unpaired) electrons. The van der Waals surface area contributed by atoms with Crippen molar-refractivity contribution < 1.29 is 4.39 Å². The smallest absolute Gasteiger partial charge is 0.124 e. The van der Waals surface area contributed by atoms with E-state index in [2.05, 4.69) is 0 Å². The van der Waals surface area contributed by atoms with Crippen molar-refractivity contribution in [3.63, 3.8) is 0 Å². The van der Waals surface area contributed by atoms with Gasteiger partial charge in [0.1, 0.15) is 5.82 Å². The second-order valence-corrected chi connectivity index (χ2v) is 3.26. The van der Waals surface area contributed by atoms with E-state index in [1.165, 1.54) is 12.1 Å². The minimum Gasteiger partial charge on any atom is -0.207 e. The molecule has 0 bridgehead atoms. The second kappa shape index (κ2) is 4.13. The molecule has 0 fully saturated rings. The average molecular weight is 181 g/mol. The second-order valence-electron chi connectivity index (χ2n) is 2.39. The fourth-order valence-electron chi connectivity index (χ4n) is 0.965. The first-order valence-corrected chi connectivity index (χ1v) is 4.84. The summed E-state index contributed by atoms with van der Waals surface area (Å²) < 4.78 is 12.8. The molecule has 0 aliphatic carbocycles. The summed E-state index contributed by atoms with van der Waals surface area (Å²) in [5.41, 5.74) is 1.25. The third-order valence-electron chi connectivity index (χ3n) is 1.40. The van der Waals surface area contributed by atoms with Crippen molar-refractivity contribution in [3.8, 4) is 6.07 Å². The highest BCUT2D eigenvalue weighted by Gasteiger charge is 1.98. The van der Waals surface area contributed by atoms with Gasteiger partial charge in [-0.3, -0.25) is 0 Å². The lowest BCUT2D eigenvalue weighted by atomic mass is 10.1. The first-order chi connectivity index (χ1) is 5.76. The Kier molecular flexibility index (Phi) is 3.12. The van der Waals surface area contributed by atoms with E-state index in [0.29, 0.717) is 5.56 Å². The van der Waals surface area contributed by atoms with Gasteiger partial charge in [-0.1, -0.05) is 0 Å². The molecule has 0 atom stereocenters. The first-order valence-electron chi connectivity index (χ1n) is 3.45. The maximum Gasteiger partial charge on any atom is 0.124 e. The predicted molar refractivity (Wildman–Crippen MR) is 48.3 cm³/mol. The quantitative estimate of drug-likeness (QED) is 0.700. The Bertz CT molecular complexity index is 317. The molecule has 62 valence electrons. The number of rotatable bonds is 2. The molecular weight excluding hydrogens is 173 g/mol. The number of nitrogens with zero attached hydrogens (tertiary/aromatic N) is 1. The maximum atomic E-state index is 12.8. The molecule has 0 N–H and O–H groups in total. The number of halogens is 1. The molecule has 1 aromatic rings. The Morgan fingerprint density at radius 1 is 1.50 bits per heavy atom. The molecule has 0 aliphatic rings. The van der Waals surface area contributed by atoms with Crippen molar-refractivity contribution in [2.75, 3.05) is 6.26 Å². The van der Waals surface area contributed by atoms with Gasteiger partial charge < -0.3 is 0 Å². The van der Waals surface area contributed by atoms with Gasteiger partial charge >= 0.3 is 0 Å². The van der Waals surface area contributed by atoms with Gasteiger partial charge in [0, 0.05) is 5.75 Å². The van der Waals surface area contributed by atoms with Gasteiger partial charge in [0.2, 0.25) is 0 Å². The molecule has 0 unspecified atom stereocenters. The van der Waals surface area contributed by atoms with Crippen LogP contribution >= 0.6 is 11.8 Å². The van der Waals surface area contributed by atoms with E-state index in [-0.39, 0.29) is 5.82 Å². The summed E-state index contributed by atoms with van der Waals surface area (Å²) in [5.74, 6) is 0.407. The van der Waals surface area contributed by atoms with Crippen LogP contribution in [-0.4, -0.2) is 6.26 Å². The molecule has 0 heterocycles. The zero-order valence-electron chi connectivity index (χ0n) is 6.67. The lowest BCUT2D eigenvalue weighted by Crippen LogP contribution is -1.85. The van der Waals surface area contributed by atoms with Crippen LogP contribution in [0.2, 0.25) is 0 Å². The van der Waals surface area contributed by atoms with Crippen LogP contribution in [0.15, 0.2) is 18.2 Å². The van der Waals surface area contributed by atoms with Crippen molar-refractivity contribution in [1.29, 1.82) is 5.26 Å². The predicted octanol–water partition coefficient (Wildman–Crippen LogP) is 2.56. The Labute approximate surface area is 75.2 Å². The zero-order chi connectivity index (χ0) is 8.97. The van der Waals surface area contributed by atoms with Gasteiger partial charge in [-0.2, -0.15) is 17.0 Å². The van der Waals surface area contributed by atoms with E-state index in [0.717, 1.165) is 11.3 Å². The molecule has 0 aromatic heterocycles. The number of hydrogen-bond donors (Lipinski definition) is 0. The topological polar surface area (TPSA) is 23.8 Å². The summed E-state index contributed by atoms with van der Waals surface area (Å²) in [6.07, 6.45) is 1.94. The minimum absolute atomic E-state index is 0.335. The van der Waals surface area contributed by atoms with Crippen molar-refractivity contribution in [2.45, 2.75) is 5.75 Å². The van der Waals surface area contributed by atoms with E-state index in [4.69, 9.17) is 5.26 Å². The van der Waals surface area contributed by atoms with Crippen molar-refractivity contribution in [1.82, 2.24) is 0 Å². The van der Waals surface area contributed by atoms with E-state index in [1.54, 1.807) is 17.8 Å². The van der Waals surface area contributed by atoms with Crippen molar-refractivity contribution >= 4 is 11.8 Å². The third kappa shape index (κ3) is 2.24. The number of hydrogen-bond acceptors (Lipinski definition) is 2. The molecule has 3 heteroatoms. The van der Waals surface area contributed by atoms with Crippen LogP contribution in [0, 0.1) is 17.1 Å². The van der Waals surface area contributed by atoms with E-state index < -0.39 is 0 Å². The van der Waals surface area contributed by atoms with Gasteiger partial charge in [-0.15, -0.1) is 0 Å². The van der Waals surface area contributed by atoms with Crippen LogP contribution in [0.4, 0.5) is 4.39 Å². The van der Waals surface area contributed by atoms with Crippen molar-refractivity contribution in [3.05, 3.63) is 35.1 Å². The van der Waals surface area contributed by atoms with Crippen LogP contribution < -0.4 is 0 Å². The molecule has 0 spiro atoms. The fourth-order valence-corrected chi connectivity index (χ4v) is 1.46. The fraction of sp³-hybridized carbons (Fsp3) is 0.222. The molecule has 0 saturated heterocycles. The van der Waals surface area contributed by atoms with Gasteiger partial charge in [0.15, 0.2) is 0 Å². The number of thioether (sulfide) groups is 1. The highest BCUT2D eigenvalue weighted by molar-refractivity contribution is 7.97. The molecule has 0 aliphatic heterocycles. The summed E-state index contributed by atoms with van der Waals surface area (Å²) in [5, 5.41) is 8.53. The van der Waals surface area contributed by atoms with Crippen LogP contribution in [-0.2, 0) is 5.75 Å². The Morgan fingerprint density at radius 2 is 2.25 bits per heavy atom. The highest BCUT2D eigenvalue weighted by atomic mass is 32.2. The lowest BCUT2D eigenvalue weighted by Gasteiger charge is -1.98. The molecule has 12 heavy (non-hydrogen) atoms. The Morgan fingerprint density at radius 3 is 2.83 bits per heavy atom. The monoisotopic (exact) mass is 181 g/mol. The molecule has 0 saturated carbocycles. The zero-order valence-corrected chi connectivity index (χ0v) is 7.49. The summed E-state index contributed by atoms with van der Waals surface area (Å²) >= 11 is 1.61. The normalized spacial score (nSPS) is 9.42. The van der Waals surface area contributed by atoms with E-state index in [1.807, 2.05) is 12.3 Å². The van der Waals surface area contributed by atoms with Gasteiger partial charge in [-0.25, -0.2) is 4.39 Å². The number of nitriles is 1. The molecule has 1 nitrogen and oxygen atoms in total. The SMILES string of the molecule is CSCc1cc(F)cc(C#N)c1. The Balaban J connectivity index is 3.00. The molecular formula is C9H8FNS. The summed E-state index contributed by atoms with van der Waals surface area (Å²) in [4.78, 5) is 0. The standard InChI is InChI=1S/C9H8FNS/c1-12-6-8-2-7(5-11)3-9(10)4-8/h2-4H,6H2,1H3. The van der Waals surface area contributed by atoms with Crippen LogP contribution in [0.3, 0.4) is 0 Å². The molecule has 0 amide bonds. The van der Waals surface area contributed by atoms with Gasteiger partial charge in [0.25, 0.3) is 0 Å². The van der Waals surface area contributed by atoms with E-state index >= 15 is 0 Å². The lowest BCUT2D eigenvalue weighted by molar-refractivity contribution is 0.626. The average Bonchev–Trinajstić information content (AvgIpc) is 2.04. The van der Waals surface area contributed by atoms with Gasteiger partial charge in [-0.05, 0) is 30.0 Å². The third-order valence-corrected chi connectivity index (χ3v) is 2.02. The van der Waals surface area contributed by atoms with Crippen LogP contribution in [0.5, 0.6) is 0 Å². The number of benzene rings is 1. The van der Waals surface area contributed by atoms with Gasteiger partial charge in [0.05, 0.1) is 11.6 Å². The van der Waals surface area contributed by atoms with E-state index in [9.17, 15) is 4.39 Å². The highest BCUT2D eigenvalue weighted by Crippen LogP contribution is 2.13. The van der Waals surface area contributed by atoms with Crippen molar-refractivity contribution in [2.24, 2.45) is 0 Å². The summed E-state index contributed by atoms with van der Waals surface area (Å²) in [6, 6.07) is 6.32. The first kappa shape index (κ1) is 9.08. The molecule has 1 rings (SSSR count). The summed E-state index contributed by atoms with van der Waals surface area (Å²) in [7, 11) is 0. The maximum absolute atomic E-state index is 12.8. The van der Waals surface area contributed by atoms with Crippen LogP contribution in [0.1, 0.15) is 11.1 Å². The summed E-state index contributed by atoms with van der Waals surface area (Å²) in [6.45, 7) is 0. The molecule has 1 aromatic carbocycles. The van der Waals surface area contributed by atoms with Crippen LogP contribution in [0.25, 0.3) is 0 Å².